The highest BCUT2D eigenvalue weighted by molar-refractivity contribution is 5.58. The minimum Gasteiger partial charge on any atom is -0.420 e. The van der Waals surface area contributed by atoms with Gasteiger partial charge in [-0.3, -0.25) is 4.68 Å². The smallest absolute Gasteiger partial charge is 0.266 e. The van der Waals surface area contributed by atoms with Crippen LogP contribution in [0, 0.1) is 12.8 Å². The van der Waals surface area contributed by atoms with Gasteiger partial charge in [0.25, 0.3) is 5.89 Å². The maximum Gasteiger partial charge on any atom is 0.266 e. The summed E-state index contributed by atoms with van der Waals surface area (Å²) in [6.07, 6.45) is 4.84. The first-order valence-corrected chi connectivity index (χ1v) is 8.79. The van der Waals surface area contributed by atoms with Crippen LogP contribution in [0.2, 0.25) is 0 Å². The minimum absolute atomic E-state index is 0.0311. The van der Waals surface area contributed by atoms with Crippen molar-refractivity contribution >= 4 is 0 Å². The van der Waals surface area contributed by atoms with Gasteiger partial charge in [-0.05, 0) is 25.2 Å². The molecule has 0 radical (unpaired) electrons. The molecule has 0 spiro atoms. The van der Waals surface area contributed by atoms with E-state index >= 15 is 0 Å². The molecule has 0 aromatic carbocycles. The molecule has 3 atom stereocenters. The molecule has 0 amide bonds. The fourth-order valence-electron chi connectivity index (χ4n) is 5.09. The third kappa shape index (κ3) is 1.86. The SMILES string of the molecule is Cc1nnc(-c2c3c(nn2C)[C@@]2(C)Cc4cnoc4[C@@H](C)[C@@H]2CC3)o1. The Morgan fingerprint density at radius 2 is 2.16 bits per heavy atom. The van der Waals surface area contributed by atoms with Crippen LogP contribution in [0.25, 0.3) is 11.6 Å². The van der Waals surface area contributed by atoms with E-state index < -0.39 is 0 Å². The summed E-state index contributed by atoms with van der Waals surface area (Å²) < 4.78 is 13.1. The molecular weight excluding hydrogens is 318 g/mol. The van der Waals surface area contributed by atoms with E-state index in [1.165, 1.54) is 11.1 Å². The Hall–Kier alpha value is -2.44. The zero-order valence-corrected chi connectivity index (χ0v) is 14.9. The van der Waals surface area contributed by atoms with Gasteiger partial charge in [0.1, 0.15) is 11.5 Å². The van der Waals surface area contributed by atoms with Gasteiger partial charge < -0.3 is 8.94 Å². The molecule has 0 fully saturated rings. The molecule has 2 aliphatic carbocycles. The maximum absolute atomic E-state index is 5.70. The molecule has 0 bridgehead atoms. The van der Waals surface area contributed by atoms with E-state index in [4.69, 9.17) is 14.0 Å². The quantitative estimate of drug-likeness (QED) is 0.678. The lowest BCUT2D eigenvalue weighted by Crippen LogP contribution is -2.44. The summed E-state index contributed by atoms with van der Waals surface area (Å²) in [4.78, 5) is 0. The Bertz CT molecular complexity index is 968. The molecule has 7 heteroatoms. The molecule has 0 saturated heterocycles. The third-order valence-corrected chi connectivity index (χ3v) is 6.19. The van der Waals surface area contributed by atoms with E-state index in [-0.39, 0.29) is 5.41 Å². The lowest BCUT2D eigenvalue weighted by molar-refractivity contribution is 0.172. The van der Waals surface area contributed by atoms with Crippen molar-refractivity contribution in [2.75, 3.05) is 0 Å². The van der Waals surface area contributed by atoms with Crippen molar-refractivity contribution in [1.29, 1.82) is 0 Å². The summed E-state index contributed by atoms with van der Waals surface area (Å²) in [5.74, 6) is 3.03. The minimum atomic E-state index is -0.0311. The molecule has 130 valence electrons. The number of rotatable bonds is 1. The molecule has 25 heavy (non-hydrogen) atoms. The Morgan fingerprint density at radius 3 is 2.92 bits per heavy atom. The van der Waals surface area contributed by atoms with Crippen molar-refractivity contribution < 1.29 is 8.94 Å². The number of fused-ring (bicyclic) bond motifs is 4. The first-order chi connectivity index (χ1) is 12.0. The lowest BCUT2D eigenvalue weighted by Gasteiger charge is -2.46. The molecule has 2 aliphatic rings. The number of hydrogen-bond donors (Lipinski definition) is 0. The van der Waals surface area contributed by atoms with Crippen molar-refractivity contribution in [3.05, 3.63) is 34.7 Å². The van der Waals surface area contributed by atoms with Gasteiger partial charge in [0.05, 0.1) is 11.9 Å². The molecule has 3 aromatic rings. The van der Waals surface area contributed by atoms with Crippen LogP contribution in [0.15, 0.2) is 15.1 Å². The average Bonchev–Trinajstić information content (AvgIpc) is 3.26. The fraction of sp³-hybridized carbons (Fsp3) is 0.556. The van der Waals surface area contributed by atoms with Crippen molar-refractivity contribution in [3.63, 3.8) is 0 Å². The van der Waals surface area contributed by atoms with Gasteiger partial charge in [-0.2, -0.15) is 5.10 Å². The highest BCUT2D eigenvalue weighted by atomic mass is 16.5. The molecule has 0 saturated carbocycles. The maximum atomic E-state index is 5.70. The first-order valence-electron chi connectivity index (χ1n) is 8.79. The van der Waals surface area contributed by atoms with Crippen LogP contribution in [0.1, 0.15) is 54.7 Å². The summed E-state index contributed by atoms with van der Waals surface area (Å²) in [5.41, 5.74) is 4.54. The molecule has 3 aromatic heterocycles. The second-order valence-electron chi connectivity index (χ2n) is 7.67. The third-order valence-electron chi connectivity index (χ3n) is 6.19. The molecule has 5 rings (SSSR count). The van der Waals surface area contributed by atoms with E-state index in [1.54, 1.807) is 0 Å². The second-order valence-corrected chi connectivity index (χ2v) is 7.67. The molecule has 0 aliphatic heterocycles. The van der Waals surface area contributed by atoms with Crippen LogP contribution in [0.4, 0.5) is 0 Å². The predicted octanol–water partition coefficient (Wildman–Crippen LogP) is 2.95. The number of nitrogens with zero attached hydrogens (tertiary/aromatic N) is 5. The van der Waals surface area contributed by atoms with E-state index in [9.17, 15) is 0 Å². The van der Waals surface area contributed by atoms with Gasteiger partial charge in [0.2, 0.25) is 5.89 Å². The van der Waals surface area contributed by atoms with Crippen LogP contribution in [0.5, 0.6) is 0 Å². The van der Waals surface area contributed by atoms with Gasteiger partial charge in [0.15, 0.2) is 0 Å². The number of aryl methyl sites for hydroxylation is 2. The van der Waals surface area contributed by atoms with Crippen molar-refractivity contribution in [2.24, 2.45) is 13.0 Å². The topological polar surface area (TPSA) is 82.8 Å². The lowest BCUT2D eigenvalue weighted by atomic mass is 9.57. The van der Waals surface area contributed by atoms with E-state index in [0.29, 0.717) is 23.6 Å². The Kier molecular flexibility index (Phi) is 2.86. The first kappa shape index (κ1) is 14.9. The summed E-state index contributed by atoms with van der Waals surface area (Å²) in [7, 11) is 1.96. The number of hydrogen-bond acceptors (Lipinski definition) is 6. The molecule has 0 N–H and O–H groups in total. The number of aromatic nitrogens is 5. The molecular formula is C18H21N5O2. The monoisotopic (exact) mass is 339 g/mol. The average molecular weight is 339 g/mol. The second kappa shape index (κ2) is 4.80. The van der Waals surface area contributed by atoms with E-state index in [0.717, 1.165) is 36.4 Å². The van der Waals surface area contributed by atoms with Crippen LogP contribution in [-0.2, 0) is 25.3 Å². The highest BCUT2D eigenvalue weighted by Crippen LogP contribution is 2.54. The zero-order chi connectivity index (χ0) is 17.3. The molecule has 0 unspecified atom stereocenters. The van der Waals surface area contributed by atoms with Crippen LogP contribution >= 0.6 is 0 Å². The highest BCUT2D eigenvalue weighted by Gasteiger charge is 2.51. The van der Waals surface area contributed by atoms with Gasteiger partial charge in [-0.25, -0.2) is 0 Å². The van der Waals surface area contributed by atoms with Crippen molar-refractivity contribution in [3.8, 4) is 11.6 Å². The fourth-order valence-corrected chi connectivity index (χ4v) is 5.09. The summed E-state index contributed by atoms with van der Waals surface area (Å²) in [5, 5.41) is 17.2. The van der Waals surface area contributed by atoms with Crippen molar-refractivity contribution in [1.82, 2.24) is 25.1 Å². The summed E-state index contributed by atoms with van der Waals surface area (Å²) in [6.45, 7) is 6.40. The summed E-state index contributed by atoms with van der Waals surface area (Å²) in [6, 6.07) is 0. The Labute approximate surface area is 145 Å². The van der Waals surface area contributed by atoms with Gasteiger partial charge in [0, 0.05) is 36.4 Å². The standard InChI is InChI=1S/C18H21N5O2/c1-9-13-6-5-12-14(17-21-20-10(2)24-17)23(4)22-16(12)18(13,3)7-11-8-19-25-15(9)11/h8-9,13H,5-7H2,1-4H3/t9-,13-,18-/m0/s1. The van der Waals surface area contributed by atoms with E-state index in [2.05, 4.69) is 29.2 Å². The van der Waals surface area contributed by atoms with Crippen LogP contribution < -0.4 is 0 Å². The summed E-state index contributed by atoms with van der Waals surface area (Å²) >= 11 is 0. The van der Waals surface area contributed by atoms with Gasteiger partial charge in [-0.15, -0.1) is 10.2 Å². The van der Waals surface area contributed by atoms with E-state index in [1.807, 2.05) is 24.9 Å². The van der Waals surface area contributed by atoms with Gasteiger partial charge in [-0.1, -0.05) is 19.0 Å². The van der Waals surface area contributed by atoms with Crippen LogP contribution in [-0.4, -0.2) is 25.1 Å². The zero-order valence-electron chi connectivity index (χ0n) is 14.9. The molecule has 3 heterocycles. The Morgan fingerprint density at radius 1 is 1.32 bits per heavy atom. The van der Waals surface area contributed by atoms with Crippen LogP contribution in [0.3, 0.4) is 0 Å². The molecule has 7 nitrogen and oxygen atoms in total. The normalized spacial score (nSPS) is 27.7. The van der Waals surface area contributed by atoms with Crippen molar-refractivity contribution in [2.45, 2.75) is 51.4 Å². The largest absolute Gasteiger partial charge is 0.420 e. The predicted molar refractivity (Wildman–Crippen MR) is 89.0 cm³/mol. The Balaban J connectivity index is 1.69. The van der Waals surface area contributed by atoms with Gasteiger partial charge >= 0.3 is 0 Å².